The van der Waals surface area contributed by atoms with E-state index in [1.807, 2.05) is 55.6 Å². The number of benzene rings is 2. The highest BCUT2D eigenvalue weighted by Crippen LogP contribution is 2.30. The van der Waals surface area contributed by atoms with Gasteiger partial charge in [-0.3, -0.25) is 4.40 Å². The molecule has 0 amide bonds. The number of fused-ring (bicyclic) bond motifs is 2. The van der Waals surface area contributed by atoms with Crippen molar-refractivity contribution in [2.24, 2.45) is 0 Å². The molecule has 6 aromatic rings. The van der Waals surface area contributed by atoms with E-state index in [1.165, 1.54) is 0 Å². The molecule has 41 heavy (non-hydrogen) atoms. The number of nitrogens with zero attached hydrogens (tertiary/aromatic N) is 7. The maximum atomic E-state index is 10.8. The molecule has 0 aliphatic rings. The Morgan fingerprint density at radius 3 is 2.80 bits per heavy atom. The van der Waals surface area contributed by atoms with E-state index in [9.17, 15) is 8.42 Å². The van der Waals surface area contributed by atoms with E-state index in [0.29, 0.717) is 42.6 Å². The van der Waals surface area contributed by atoms with Gasteiger partial charge in [-0.05, 0) is 74.0 Å². The largest absolute Gasteiger partial charge is 0.439 e. The predicted octanol–water partition coefficient (Wildman–Crippen LogP) is 3.79. The summed E-state index contributed by atoms with van der Waals surface area (Å²) in [4.78, 5) is 13.3. The molecule has 13 heteroatoms. The van der Waals surface area contributed by atoms with Gasteiger partial charge in [0.2, 0.25) is 5.88 Å². The number of aryl methyl sites for hydroxylation is 1. The third-order valence-corrected chi connectivity index (χ3v) is 7.23. The number of thiol groups is 1. The quantitative estimate of drug-likeness (QED) is 0.156. The Morgan fingerprint density at radius 1 is 1.00 bits per heavy atom. The lowest BCUT2D eigenvalue weighted by molar-refractivity contribution is 0.458. The van der Waals surface area contributed by atoms with Gasteiger partial charge in [0.15, 0.2) is 5.65 Å². The molecular formula is C28H27N9O3S. The van der Waals surface area contributed by atoms with E-state index < -0.39 is 10.7 Å². The van der Waals surface area contributed by atoms with Gasteiger partial charge in [0.25, 0.3) is 0 Å². The van der Waals surface area contributed by atoms with Crippen molar-refractivity contribution in [2.45, 2.75) is 19.9 Å². The van der Waals surface area contributed by atoms with Crippen molar-refractivity contribution in [1.29, 1.82) is 0 Å². The van der Waals surface area contributed by atoms with Gasteiger partial charge >= 0.3 is 0 Å². The first kappa shape index (κ1) is 26.3. The van der Waals surface area contributed by atoms with Gasteiger partial charge < -0.3 is 19.9 Å². The van der Waals surface area contributed by atoms with Crippen molar-refractivity contribution in [2.75, 3.05) is 17.6 Å². The fourth-order valence-electron chi connectivity index (χ4n) is 4.51. The average Bonchev–Trinajstić information content (AvgIpc) is 3.64. The van der Waals surface area contributed by atoms with Crippen LogP contribution in [-0.4, -0.2) is 54.8 Å². The third kappa shape index (κ3) is 6.00. The van der Waals surface area contributed by atoms with Gasteiger partial charge in [-0.15, -0.1) is 10.2 Å². The Kier molecular flexibility index (Phi) is 7.52. The molecule has 0 unspecified atom stereocenters. The van der Waals surface area contributed by atoms with Crippen LogP contribution in [0.4, 0.5) is 11.5 Å². The van der Waals surface area contributed by atoms with Gasteiger partial charge in [0.1, 0.15) is 41.3 Å². The highest BCUT2D eigenvalue weighted by Gasteiger charge is 2.11. The van der Waals surface area contributed by atoms with E-state index in [0.717, 1.165) is 33.5 Å². The SMILES string of the molecule is Cc1cc(Nc2ncnc3ccc(-n4cccc4CNCCC[SH](=O)=O)cc23)ccc1Oc1cc2nncn2cn1. The molecule has 0 aliphatic heterocycles. The van der Waals surface area contributed by atoms with Crippen LogP contribution >= 0.6 is 0 Å². The first-order chi connectivity index (χ1) is 20.0. The molecule has 0 fully saturated rings. The second kappa shape index (κ2) is 11.7. The number of anilines is 2. The Balaban J connectivity index is 1.20. The lowest BCUT2D eigenvalue weighted by Gasteiger charge is -2.14. The Bertz CT molecular complexity index is 1910. The van der Waals surface area contributed by atoms with Crippen molar-refractivity contribution >= 4 is 38.8 Å². The smallest absolute Gasteiger partial charge is 0.224 e. The molecule has 2 N–H and O–H groups in total. The summed E-state index contributed by atoms with van der Waals surface area (Å²) in [6.45, 7) is 3.21. The first-order valence-electron chi connectivity index (χ1n) is 13.0. The Labute approximate surface area is 237 Å². The highest BCUT2D eigenvalue weighted by atomic mass is 32.2. The lowest BCUT2D eigenvalue weighted by atomic mass is 10.1. The number of ether oxygens (including phenoxy) is 1. The topological polar surface area (TPSA) is 141 Å². The van der Waals surface area contributed by atoms with Gasteiger partial charge in [-0.1, -0.05) is 0 Å². The molecule has 0 saturated carbocycles. The van der Waals surface area contributed by atoms with E-state index in [4.69, 9.17) is 4.74 Å². The van der Waals surface area contributed by atoms with Crippen LogP contribution in [0.2, 0.25) is 0 Å². The minimum atomic E-state index is -2.34. The van der Waals surface area contributed by atoms with Crippen LogP contribution in [0, 0.1) is 6.92 Å². The summed E-state index contributed by atoms with van der Waals surface area (Å²) in [5, 5.41) is 15.5. The maximum absolute atomic E-state index is 10.8. The summed E-state index contributed by atoms with van der Waals surface area (Å²) < 4.78 is 31.4. The predicted molar refractivity (Wildman–Crippen MR) is 156 cm³/mol. The number of hydrogen-bond acceptors (Lipinski definition) is 10. The second-order valence-corrected chi connectivity index (χ2v) is 10.5. The fourth-order valence-corrected chi connectivity index (χ4v) is 4.93. The van der Waals surface area contributed by atoms with Crippen LogP contribution in [0.15, 0.2) is 79.8 Å². The first-order valence-corrected chi connectivity index (χ1v) is 14.3. The number of hydrogen-bond donors (Lipinski definition) is 3. The minimum Gasteiger partial charge on any atom is -0.439 e. The number of rotatable bonds is 11. The molecule has 0 saturated heterocycles. The van der Waals surface area contributed by atoms with Crippen LogP contribution in [0.5, 0.6) is 11.6 Å². The summed E-state index contributed by atoms with van der Waals surface area (Å²) in [7, 11) is -2.34. The van der Waals surface area contributed by atoms with Crippen LogP contribution in [0.1, 0.15) is 17.7 Å². The molecule has 0 spiro atoms. The molecule has 4 heterocycles. The Hall–Kier alpha value is -4.88. The normalized spacial score (nSPS) is 11.5. The molecule has 12 nitrogen and oxygen atoms in total. The fraction of sp³-hybridized carbons (Fsp3) is 0.179. The second-order valence-electron chi connectivity index (χ2n) is 9.41. The molecule has 0 bridgehead atoms. The van der Waals surface area contributed by atoms with Crippen molar-refractivity contribution in [3.63, 3.8) is 0 Å². The molecule has 6 rings (SSSR count). The van der Waals surface area contributed by atoms with Crippen molar-refractivity contribution in [3.8, 4) is 17.3 Å². The Morgan fingerprint density at radius 2 is 1.93 bits per heavy atom. The third-order valence-electron chi connectivity index (χ3n) is 6.55. The molecule has 2 aromatic carbocycles. The van der Waals surface area contributed by atoms with Gasteiger partial charge in [-0.25, -0.2) is 23.4 Å². The molecular weight excluding hydrogens is 542 g/mol. The van der Waals surface area contributed by atoms with Crippen molar-refractivity contribution in [3.05, 3.63) is 91.0 Å². The zero-order chi connectivity index (χ0) is 28.2. The van der Waals surface area contributed by atoms with E-state index >= 15 is 0 Å². The van der Waals surface area contributed by atoms with Gasteiger partial charge in [0, 0.05) is 47.0 Å². The summed E-state index contributed by atoms with van der Waals surface area (Å²) in [6, 6.07) is 17.6. The van der Waals surface area contributed by atoms with Crippen molar-refractivity contribution in [1.82, 2.24) is 39.4 Å². The number of aromatic nitrogens is 7. The monoisotopic (exact) mass is 569 g/mol. The average molecular weight is 570 g/mol. The summed E-state index contributed by atoms with van der Waals surface area (Å²) in [5.74, 6) is 1.98. The van der Waals surface area contributed by atoms with E-state index in [-0.39, 0.29) is 5.75 Å². The molecule has 0 radical (unpaired) electrons. The van der Waals surface area contributed by atoms with Gasteiger partial charge in [-0.2, -0.15) is 0 Å². The highest BCUT2D eigenvalue weighted by molar-refractivity contribution is 7.72. The molecule has 0 aliphatic carbocycles. The van der Waals surface area contributed by atoms with Crippen molar-refractivity contribution < 1.29 is 13.2 Å². The molecule has 4 aromatic heterocycles. The zero-order valence-corrected chi connectivity index (χ0v) is 23.0. The standard InChI is InChI=1S/C28H27N9O3S/c1-19-12-20(5-8-25(19)40-27-14-26-35-33-18-36(26)17-32-27)34-28-23-13-21(6-7-24(23)30-16-31-28)37-10-2-4-22(37)15-29-9-3-11-41(38)39/h2,4-8,10,12-14,16-18,29,41H,3,9,11,15H2,1H3,(H,30,31,34). The van der Waals surface area contributed by atoms with Crippen LogP contribution < -0.4 is 15.4 Å². The van der Waals surface area contributed by atoms with Crippen LogP contribution in [0.25, 0.3) is 22.2 Å². The molecule has 208 valence electrons. The summed E-state index contributed by atoms with van der Waals surface area (Å²) in [5.41, 5.74) is 5.27. The van der Waals surface area contributed by atoms with Crippen LogP contribution in [0.3, 0.4) is 0 Å². The van der Waals surface area contributed by atoms with E-state index in [1.54, 1.807) is 29.4 Å². The van der Waals surface area contributed by atoms with Crippen LogP contribution in [-0.2, 0) is 17.2 Å². The summed E-state index contributed by atoms with van der Waals surface area (Å²) >= 11 is 0. The molecule has 0 atom stereocenters. The number of nitrogens with one attached hydrogen (secondary N) is 2. The lowest BCUT2D eigenvalue weighted by Crippen LogP contribution is -2.18. The maximum Gasteiger partial charge on any atom is 0.224 e. The minimum absolute atomic E-state index is 0.191. The van der Waals surface area contributed by atoms with E-state index in [2.05, 4.69) is 46.4 Å². The summed E-state index contributed by atoms with van der Waals surface area (Å²) in [6.07, 6.45) is 7.33. The van der Waals surface area contributed by atoms with Gasteiger partial charge in [0.05, 0.1) is 5.52 Å². The zero-order valence-electron chi connectivity index (χ0n) is 22.1.